The third-order valence-electron chi connectivity index (χ3n) is 6.79. The number of aromatic amines is 1. The zero-order valence-electron chi connectivity index (χ0n) is 18.4. The number of carbonyl (C=O) groups is 2. The number of hydrogen-bond donors (Lipinski definition) is 2. The van der Waals surface area contributed by atoms with Crippen LogP contribution in [-0.4, -0.2) is 39.4 Å². The van der Waals surface area contributed by atoms with Crippen molar-refractivity contribution in [1.82, 2.24) is 14.9 Å². The maximum atomic E-state index is 13.0. The molecule has 2 aliphatic rings. The van der Waals surface area contributed by atoms with Crippen LogP contribution in [0.3, 0.4) is 0 Å². The van der Waals surface area contributed by atoms with Gasteiger partial charge in [-0.2, -0.15) is 0 Å². The number of imide groups is 1. The molecule has 0 radical (unpaired) electrons. The van der Waals surface area contributed by atoms with Crippen LogP contribution in [0.15, 0.2) is 48.8 Å². The molecule has 0 atom stereocenters. The molecule has 0 aliphatic carbocycles. The smallest absolute Gasteiger partial charge is 0.271 e. The molecule has 6 rings (SSSR count). The van der Waals surface area contributed by atoms with Gasteiger partial charge in [-0.1, -0.05) is 6.07 Å². The third-order valence-corrected chi connectivity index (χ3v) is 6.79. The van der Waals surface area contributed by atoms with Gasteiger partial charge in [0.1, 0.15) is 0 Å². The number of aromatic nitrogens is 2. The monoisotopic (exact) mass is 455 g/mol. The van der Waals surface area contributed by atoms with Crippen molar-refractivity contribution < 1.29 is 14.5 Å². The number of H-pyrrole nitrogens is 1. The number of amides is 2. The highest BCUT2D eigenvalue weighted by atomic mass is 16.6. The Bertz CT molecular complexity index is 1570. The molecule has 1 fully saturated rings. The molecule has 0 bridgehead atoms. The summed E-state index contributed by atoms with van der Waals surface area (Å²) >= 11 is 0. The summed E-state index contributed by atoms with van der Waals surface area (Å²) in [4.78, 5) is 42.3. The van der Waals surface area contributed by atoms with Gasteiger partial charge in [-0.3, -0.25) is 25.0 Å². The van der Waals surface area contributed by atoms with Crippen molar-refractivity contribution in [3.8, 4) is 0 Å². The lowest BCUT2D eigenvalue weighted by Crippen LogP contribution is -2.22. The van der Waals surface area contributed by atoms with E-state index < -0.39 is 16.7 Å². The normalized spacial score (nSPS) is 16.3. The largest absolute Gasteiger partial charge is 0.371 e. The first-order valence-corrected chi connectivity index (χ1v) is 11.1. The van der Waals surface area contributed by atoms with Gasteiger partial charge in [-0.25, -0.2) is 0 Å². The highest BCUT2D eigenvalue weighted by molar-refractivity contribution is 6.50. The highest BCUT2D eigenvalue weighted by Gasteiger charge is 2.35. The summed E-state index contributed by atoms with van der Waals surface area (Å²) in [6, 6.07) is 10.6. The van der Waals surface area contributed by atoms with Gasteiger partial charge >= 0.3 is 0 Å². The molecule has 2 aromatic heterocycles. The van der Waals surface area contributed by atoms with Gasteiger partial charge in [0.15, 0.2) is 0 Å². The van der Waals surface area contributed by atoms with E-state index in [0.29, 0.717) is 27.6 Å². The molecule has 1 saturated heterocycles. The van der Waals surface area contributed by atoms with Gasteiger partial charge < -0.3 is 14.5 Å². The third kappa shape index (κ3) is 2.93. The topological polar surface area (TPSA) is 113 Å². The number of nitrogens with zero attached hydrogens (tertiary/aromatic N) is 3. The van der Waals surface area contributed by atoms with Crippen molar-refractivity contribution in [2.24, 2.45) is 7.05 Å². The van der Waals surface area contributed by atoms with Crippen molar-refractivity contribution >= 4 is 56.1 Å². The number of non-ortho nitro benzene ring substituents is 1. The van der Waals surface area contributed by atoms with E-state index in [2.05, 4.69) is 27.3 Å². The minimum absolute atomic E-state index is 0.0353. The van der Waals surface area contributed by atoms with Crippen LogP contribution in [-0.2, 0) is 16.6 Å². The first-order chi connectivity index (χ1) is 16.4. The number of aryl methyl sites for hydroxylation is 1. The van der Waals surface area contributed by atoms with Crippen molar-refractivity contribution in [2.75, 3.05) is 18.0 Å². The SMILES string of the molecule is Cn1cc(C2=C(c3c[nH]c4cc(N5CCCC5)ccc34)C(=O)NC2=O)c2ccc([N+](=O)[O-])cc21. The molecule has 2 N–H and O–H groups in total. The highest BCUT2D eigenvalue weighted by Crippen LogP contribution is 2.39. The summed E-state index contributed by atoms with van der Waals surface area (Å²) in [5, 5.41) is 15.2. The standard InChI is InChI=1S/C25H21N5O4/c1-28-13-19(17-7-5-15(30(33)34)11-21(17)28)23-22(24(31)27-25(23)32)18-12-26-20-10-14(4-6-16(18)20)29-8-2-3-9-29/h4-7,10-13,26H,2-3,8-9H2,1H3,(H,27,31,32). The number of rotatable bonds is 4. The lowest BCUT2D eigenvalue weighted by molar-refractivity contribution is -0.384. The number of carbonyl (C=O) groups excluding carboxylic acids is 2. The predicted molar refractivity (Wildman–Crippen MR) is 129 cm³/mol. The van der Waals surface area contributed by atoms with Gasteiger partial charge in [0.05, 0.1) is 21.6 Å². The van der Waals surface area contributed by atoms with Crippen LogP contribution in [0.5, 0.6) is 0 Å². The van der Waals surface area contributed by atoms with Crippen molar-refractivity contribution in [1.29, 1.82) is 0 Å². The summed E-state index contributed by atoms with van der Waals surface area (Å²) in [6.45, 7) is 2.06. The first-order valence-electron chi connectivity index (χ1n) is 11.1. The van der Waals surface area contributed by atoms with Crippen molar-refractivity contribution in [3.63, 3.8) is 0 Å². The predicted octanol–water partition coefficient (Wildman–Crippen LogP) is 3.74. The van der Waals surface area contributed by atoms with Gasteiger partial charge in [0.2, 0.25) is 0 Å². The Kier molecular flexibility index (Phi) is 4.35. The molecule has 0 spiro atoms. The van der Waals surface area contributed by atoms with Gasteiger partial charge in [0, 0.05) is 77.8 Å². The second-order valence-corrected chi connectivity index (χ2v) is 8.77. The summed E-state index contributed by atoms with van der Waals surface area (Å²) in [7, 11) is 1.76. The van der Waals surface area contributed by atoms with Crippen molar-refractivity contribution in [2.45, 2.75) is 12.8 Å². The second-order valence-electron chi connectivity index (χ2n) is 8.77. The minimum Gasteiger partial charge on any atom is -0.371 e. The van der Waals surface area contributed by atoms with Crippen LogP contribution < -0.4 is 10.2 Å². The van der Waals surface area contributed by atoms with Crippen molar-refractivity contribution in [3.05, 3.63) is 70.0 Å². The number of nitro groups is 1. The van der Waals surface area contributed by atoms with Gasteiger partial charge in [-0.05, 0) is 31.0 Å². The van der Waals surface area contributed by atoms with E-state index in [9.17, 15) is 19.7 Å². The number of nitrogens with one attached hydrogen (secondary N) is 2. The fourth-order valence-corrected chi connectivity index (χ4v) is 5.15. The summed E-state index contributed by atoms with van der Waals surface area (Å²) in [5.41, 5.74) is 4.39. The maximum Gasteiger partial charge on any atom is 0.271 e. The molecule has 34 heavy (non-hydrogen) atoms. The zero-order chi connectivity index (χ0) is 23.6. The Morgan fingerprint density at radius 2 is 1.65 bits per heavy atom. The van der Waals surface area contributed by atoms with Crippen LogP contribution in [0.25, 0.3) is 33.0 Å². The lowest BCUT2D eigenvalue weighted by Gasteiger charge is -2.17. The molecule has 0 saturated carbocycles. The Morgan fingerprint density at radius 3 is 2.38 bits per heavy atom. The summed E-state index contributed by atoms with van der Waals surface area (Å²) in [6.07, 6.45) is 5.87. The van der Waals surface area contributed by atoms with Crippen LogP contribution in [0, 0.1) is 10.1 Å². The number of fused-ring (bicyclic) bond motifs is 2. The zero-order valence-corrected chi connectivity index (χ0v) is 18.4. The van der Waals surface area contributed by atoms with Crippen LogP contribution in [0.2, 0.25) is 0 Å². The molecule has 9 heteroatoms. The van der Waals surface area contributed by atoms with Crippen LogP contribution >= 0.6 is 0 Å². The summed E-state index contributed by atoms with van der Waals surface area (Å²) in [5.74, 6) is -0.933. The Hall–Kier alpha value is -4.40. The number of benzene rings is 2. The average molecular weight is 455 g/mol. The molecule has 4 aromatic rings. The molecule has 9 nitrogen and oxygen atoms in total. The molecule has 2 amide bonds. The van der Waals surface area contributed by atoms with E-state index in [0.717, 1.165) is 29.7 Å². The maximum absolute atomic E-state index is 13.0. The van der Waals surface area contributed by atoms with Gasteiger partial charge in [0.25, 0.3) is 17.5 Å². The van der Waals surface area contributed by atoms with Gasteiger partial charge in [-0.15, -0.1) is 0 Å². The fourth-order valence-electron chi connectivity index (χ4n) is 5.15. The number of hydrogen-bond acceptors (Lipinski definition) is 5. The lowest BCUT2D eigenvalue weighted by atomic mass is 9.95. The quantitative estimate of drug-likeness (QED) is 0.277. The van der Waals surface area contributed by atoms with E-state index in [1.54, 1.807) is 30.1 Å². The van der Waals surface area contributed by atoms with E-state index in [4.69, 9.17) is 0 Å². The van der Waals surface area contributed by atoms with Crippen LogP contribution in [0.4, 0.5) is 11.4 Å². The van der Waals surface area contributed by atoms with E-state index in [1.165, 1.54) is 25.0 Å². The molecular formula is C25H21N5O4. The van der Waals surface area contributed by atoms with Crippen LogP contribution in [0.1, 0.15) is 24.0 Å². The van der Waals surface area contributed by atoms with E-state index in [-0.39, 0.29) is 11.3 Å². The Balaban J connectivity index is 1.54. The molecule has 4 heterocycles. The fraction of sp³-hybridized carbons (Fsp3) is 0.200. The van der Waals surface area contributed by atoms with E-state index >= 15 is 0 Å². The van der Waals surface area contributed by atoms with E-state index in [1.807, 2.05) is 6.07 Å². The molecule has 2 aliphatic heterocycles. The number of nitro benzene ring substituents is 1. The molecule has 2 aromatic carbocycles. The second kappa shape index (κ2) is 7.31. The number of anilines is 1. The molecule has 170 valence electrons. The molecular weight excluding hydrogens is 434 g/mol. The summed E-state index contributed by atoms with van der Waals surface area (Å²) < 4.78 is 1.73. The Morgan fingerprint density at radius 1 is 0.941 bits per heavy atom. The molecule has 0 unspecified atom stereocenters. The Labute approximate surface area is 193 Å². The minimum atomic E-state index is -0.478. The average Bonchev–Trinajstić information content (AvgIpc) is 3.59. The first kappa shape index (κ1) is 20.2.